The Morgan fingerprint density at radius 2 is 2.39 bits per heavy atom. The second kappa shape index (κ2) is 4.61. The predicted octanol–water partition coefficient (Wildman–Crippen LogP) is 2.50. The van der Waals surface area contributed by atoms with Crippen LogP contribution >= 0.6 is 0 Å². The first-order chi connectivity index (χ1) is 8.74. The van der Waals surface area contributed by atoms with Crippen molar-refractivity contribution in [2.45, 2.75) is 38.8 Å². The summed E-state index contributed by atoms with van der Waals surface area (Å²) in [5.41, 5.74) is 9.34. The molecule has 3 rings (SSSR count). The van der Waals surface area contributed by atoms with Crippen LogP contribution in [0.1, 0.15) is 24.8 Å². The van der Waals surface area contributed by atoms with Crippen LogP contribution in [0.2, 0.25) is 0 Å². The Morgan fingerprint density at radius 1 is 1.50 bits per heavy atom. The predicted molar refractivity (Wildman–Crippen MR) is 72.5 cm³/mol. The molecule has 0 radical (unpaired) electrons. The first-order valence-corrected chi connectivity index (χ1v) is 6.58. The summed E-state index contributed by atoms with van der Waals surface area (Å²) in [5.74, 6) is 0.605. The summed E-state index contributed by atoms with van der Waals surface area (Å²) >= 11 is 0. The van der Waals surface area contributed by atoms with E-state index in [1.807, 2.05) is 6.07 Å². The Kier molecular flexibility index (Phi) is 2.96. The summed E-state index contributed by atoms with van der Waals surface area (Å²) in [5, 5.41) is 0. The third-order valence-corrected chi connectivity index (χ3v) is 3.63. The molecule has 0 amide bonds. The highest BCUT2D eigenvalue weighted by molar-refractivity contribution is 5.79. The summed E-state index contributed by atoms with van der Waals surface area (Å²) in [4.78, 5) is 4.40. The molecule has 1 aromatic carbocycles. The van der Waals surface area contributed by atoms with E-state index in [0.717, 1.165) is 30.6 Å². The molecule has 1 aromatic heterocycles. The molecule has 4 heteroatoms. The number of nitrogen functional groups attached to an aromatic ring is 1. The van der Waals surface area contributed by atoms with E-state index < -0.39 is 0 Å². The Bertz CT molecular complexity index is 555. The number of hydrogen-bond donors (Lipinski definition) is 1. The Balaban J connectivity index is 1.85. The smallest absolute Gasteiger partial charge is 0.201 e. The van der Waals surface area contributed by atoms with Crippen LogP contribution in [-0.2, 0) is 11.3 Å². The van der Waals surface area contributed by atoms with Gasteiger partial charge in [-0.05, 0) is 43.9 Å². The number of anilines is 1. The lowest BCUT2D eigenvalue weighted by molar-refractivity contribution is 0.101. The van der Waals surface area contributed by atoms with E-state index in [-0.39, 0.29) is 0 Å². The molecule has 2 N–H and O–H groups in total. The van der Waals surface area contributed by atoms with Crippen LogP contribution in [0.3, 0.4) is 0 Å². The monoisotopic (exact) mass is 245 g/mol. The van der Waals surface area contributed by atoms with Crippen molar-refractivity contribution in [3.05, 3.63) is 23.8 Å². The molecule has 1 aliphatic rings. The second-order valence-corrected chi connectivity index (χ2v) is 5.04. The van der Waals surface area contributed by atoms with E-state index in [4.69, 9.17) is 10.5 Å². The molecular formula is C14H19N3O. The Labute approximate surface area is 107 Å². The van der Waals surface area contributed by atoms with E-state index in [2.05, 4.69) is 28.6 Å². The van der Waals surface area contributed by atoms with Gasteiger partial charge in [-0.1, -0.05) is 6.07 Å². The minimum atomic E-state index is 0.395. The van der Waals surface area contributed by atoms with Gasteiger partial charge in [0.05, 0.1) is 17.1 Å². The third kappa shape index (κ3) is 2.08. The molecule has 1 unspecified atom stereocenters. The molecule has 1 atom stereocenters. The van der Waals surface area contributed by atoms with Gasteiger partial charge < -0.3 is 15.0 Å². The first kappa shape index (κ1) is 11.5. The summed E-state index contributed by atoms with van der Waals surface area (Å²) in [6, 6.07) is 6.25. The largest absolute Gasteiger partial charge is 0.378 e. The number of nitrogens with two attached hydrogens (primary N) is 1. The maximum atomic E-state index is 6.00. The highest BCUT2D eigenvalue weighted by Gasteiger charge is 2.16. The van der Waals surface area contributed by atoms with Crippen molar-refractivity contribution in [2.75, 3.05) is 12.3 Å². The fourth-order valence-electron chi connectivity index (χ4n) is 2.63. The van der Waals surface area contributed by atoms with Gasteiger partial charge in [-0.25, -0.2) is 4.98 Å². The molecule has 4 nitrogen and oxygen atoms in total. The van der Waals surface area contributed by atoms with Crippen molar-refractivity contribution in [1.29, 1.82) is 0 Å². The number of fused-ring (bicyclic) bond motifs is 1. The van der Waals surface area contributed by atoms with E-state index >= 15 is 0 Å². The van der Waals surface area contributed by atoms with Crippen molar-refractivity contribution < 1.29 is 4.74 Å². The van der Waals surface area contributed by atoms with Gasteiger partial charge in [0.1, 0.15) is 0 Å². The van der Waals surface area contributed by atoms with E-state index in [9.17, 15) is 0 Å². The van der Waals surface area contributed by atoms with Crippen LogP contribution in [-0.4, -0.2) is 22.3 Å². The molecule has 2 heterocycles. The van der Waals surface area contributed by atoms with Gasteiger partial charge in [0.15, 0.2) is 0 Å². The molecule has 0 spiro atoms. The van der Waals surface area contributed by atoms with Gasteiger partial charge in [0, 0.05) is 13.2 Å². The summed E-state index contributed by atoms with van der Waals surface area (Å²) in [6.07, 6.45) is 3.77. The van der Waals surface area contributed by atoms with Crippen LogP contribution in [0, 0.1) is 6.92 Å². The van der Waals surface area contributed by atoms with Gasteiger partial charge in [0.25, 0.3) is 0 Å². The SMILES string of the molecule is Cc1ccc2nc(N)n(CCC3CCCO3)c2c1. The van der Waals surface area contributed by atoms with Crippen molar-refractivity contribution in [1.82, 2.24) is 9.55 Å². The molecule has 2 aromatic rings. The van der Waals surface area contributed by atoms with Gasteiger partial charge in [-0.15, -0.1) is 0 Å². The van der Waals surface area contributed by atoms with Gasteiger partial charge in [-0.3, -0.25) is 0 Å². The Morgan fingerprint density at radius 3 is 3.17 bits per heavy atom. The summed E-state index contributed by atoms with van der Waals surface area (Å²) in [7, 11) is 0. The lowest BCUT2D eigenvalue weighted by atomic mass is 10.2. The molecule has 1 fully saturated rings. The normalized spacial score (nSPS) is 19.7. The number of ether oxygens (including phenoxy) is 1. The zero-order valence-electron chi connectivity index (χ0n) is 10.7. The standard InChI is InChI=1S/C14H19N3O/c1-10-4-5-12-13(9-10)17(14(15)16-12)7-6-11-3-2-8-18-11/h4-5,9,11H,2-3,6-8H2,1H3,(H2,15,16). The number of hydrogen-bond acceptors (Lipinski definition) is 3. The van der Waals surface area contributed by atoms with Gasteiger partial charge >= 0.3 is 0 Å². The van der Waals surface area contributed by atoms with Crippen LogP contribution < -0.4 is 5.73 Å². The van der Waals surface area contributed by atoms with Crippen LogP contribution in [0.25, 0.3) is 11.0 Å². The van der Waals surface area contributed by atoms with Crippen molar-refractivity contribution in [3.63, 3.8) is 0 Å². The quantitative estimate of drug-likeness (QED) is 0.904. The number of imidazole rings is 1. The third-order valence-electron chi connectivity index (χ3n) is 3.63. The van der Waals surface area contributed by atoms with E-state index in [1.165, 1.54) is 18.4 Å². The number of benzene rings is 1. The minimum Gasteiger partial charge on any atom is -0.378 e. The van der Waals surface area contributed by atoms with Crippen LogP contribution in [0.4, 0.5) is 5.95 Å². The topological polar surface area (TPSA) is 53.1 Å². The highest BCUT2D eigenvalue weighted by atomic mass is 16.5. The zero-order chi connectivity index (χ0) is 12.5. The first-order valence-electron chi connectivity index (χ1n) is 6.58. The average Bonchev–Trinajstić information content (AvgIpc) is 2.94. The lowest BCUT2D eigenvalue weighted by Gasteiger charge is -2.11. The molecule has 0 aliphatic carbocycles. The molecular weight excluding hydrogens is 226 g/mol. The van der Waals surface area contributed by atoms with E-state index in [0.29, 0.717) is 12.1 Å². The Hall–Kier alpha value is -1.55. The van der Waals surface area contributed by atoms with Crippen molar-refractivity contribution in [3.8, 4) is 0 Å². The lowest BCUT2D eigenvalue weighted by Crippen LogP contribution is -2.11. The maximum Gasteiger partial charge on any atom is 0.201 e. The average molecular weight is 245 g/mol. The number of rotatable bonds is 3. The minimum absolute atomic E-state index is 0.395. The van der Waals surface area contributed by atoms with Crippen molar-refractivity contribution in [2.24, 2.45) is 0 Å². The van der Waals surface area contributed by atoms with E-state index in [1.54, 1.807) is 0 Å². The van der Waals surface area contributed by atoms with Crippen LogP contribution in [0.5, 0.6) is 0 Å². The number of aromatic nitrogens is 2. The number of nitrogens with zero attached hydrogens (tertiary/aromatic N) is 2. The van der Waals surface area contributed by atoms with Crippen molar-refractivity contribution >= 4 is 17.0 Å². The summed E-state index contributed by atoms with van der Waals surface area (Å²) in [6.45, 7) is 3.88. The summed E-state index contributed by atoms with van der Waals surface area (Å²) < 4.78 is 7.75. The molecule has 1 aliphatic heterocycles. The highest BCUT2D eigenvalue weighted by Crippen LogP contribution is 2.22. The number of aryl methyl sites for hydroxylation is 2. The second-order valence-electron chi connectivity index (χ2n) is 5.04. The molecule has 1 saturated heterocycles. The molecule has 96 valence electrons. The molecule has 18 heavy (non-hydrogen) atoms. The zero-order valence-corrected chi connectivity index (χ0v) is 10.7. The fourth-order valence-corrected chi connectivity index (χ4v) is 2.63. The van der Waals surface area contributed by atoms with Gasteiger partial charge in [0.2, 0.25) is 5.95 Å². The van der Waals surface area contributed by atoms with Crippen LogP contribution in [0.15, 0.2) is 18.2 Å². The maximum absolute atomic E-state index is 6.00. The molecule has 0 bridgehead atoms. The van der Waals surface area contributed by atoms with Gasteiger partial charge in [-0.2, -0.15) is 0 Å². The fraction of sp³-hybridized carbons (Fsp3) is 0.500. The molecule has 0 saturated carbocycles.